The molecule has 3 aliphatic rings. The van der Waals surface area contributed by atoms with Gasteiger partial charge in [-0.25, -0.2) is 0 Å². The van der Waals surface area contributed by atoms with Gasteiger partial charge in [-0.3, -0.25) is 29.4 Å². The number of amides is 1. The van der Waals surface area contributed by atoms with Crippen molar-refractivity contribution < 1.29 is 39.7 Å². The van der Waals surface area contributed by atoms with Crippen LogP contribution < -0.4 is 5.73 Å². The molecule has 0 unspecified atom stereocenters. The normalized spacial score (nSPS) is 29.0. The Morgan fingerprint density at radius 2 is 1.88 bits per heavy atom. The van der Waals surface area contributed by atoms with Gasteiger partial charge in [0.25, 0.3) is 11.6 Å². The molecule has 1 saturated carbocycles. The number of carbonyl (C=O) groups is 3. The van der Waals surface area contributed by atoms with Crippen LogP contribution in [0.5, 0.6) is 5.75 Å². The number of primary amides is 1. The number of hydrogen-bond donors (Lipinski definition) is 5. The zero-order chi connectivity index (χ0) is 24.6. The number of carbonyl (C=O) groups excluding carboxylic acids is 3. The Morgan fingerprint density at radius 1 is 1.24 bits per heavy atom. The lowest BCUT2D eigenvalue weighted by Gasteiger charge is -2.50. The first-order valence-corrected chi connectivity index (χ1v) is 9.98. The highest BCUT2D eigenvalue weighted by Crippen LogP contribution is 2.53. The molecule has 1 fully saturated rings. The summed E-state index contributed by atoms with van der Waals surface area (Å²) in [4.78, 5) is 50.6. The number of aromatic hydroxyl groups is 1. The number of aliphatic hydroxyl groups excluding tert-OH is 2. The van der Waals surface area contributed by atoms with Crippen LogP contribution in [0, 0.1) is 22.0 Å². The van der Waals surface area contributed by atoms with Crippen LogP contribution >= 0.6 is 0 Å². The molecule has 1 aromatic rings. The predicted octanol–water partition coefficient (Wildman–Crippen LogP) is -0.128. The van der Waals surface area contributed by atoms with Crippen molar-refractivity contribution in [1.82, 2.24) is 4.90 Å². The summed E-state index contributed by atoms with van der Waals surface area (Å²) in [5.74, 6) is -7.96. The fourth-order valence-electron chi connectivity index (χ4n) is 5.40. The van der Waals surface area contributed by atoms with Gasteiger partial charge in [-0.2, -0.15) is 0 Å². The zero-order valence-corrected chi connectivity index (χ0v) is 17.6. The van der Waals surface area contributed by atoms with Crippen molar-refractivity contribution in [2.24, 2.45) is 17.6 Å². The molecule has 0 aromatic heterocycles. The zero-order valence-electron chi connectivity index (χ0n) is 17.6. The maximum absolute atomic E-state index is 13.6. The first-order chi connectivity index (χ1) is 15.3. The number of nitrogens with two attached hydrogens (primary N) is 1. The van der Waals surface area contributed by atoms with E-state index < -0.39 is 68.7 Å². The van der Waals surface area contributed by atoms with Crippen LogP contribution in [0.4, 0.5) is 5.69 Å². The van der Waals surface area contributed by atoms with E-state index in [4.69, 9.17) is 5.73 Å². The number of ketones is 2. The van der Waals surface area contributed by atoms with E-state index >= 15 is 0 Å². The van der Waals surface area contributed by atoms with Crippen LogP contribution in [0.3, 0.4) is 0 Å². The van der Waals surface area contributed by atoms with Gasteiger partial charge in [-0.15, -0.1) is 0 Å². The SMILES string of the molecule is CN(C)[C@@H]1C(=O)C(C(N)=O)=C(O)[C@]2(O)C(=O)C3=C(O)c4c(O)ccc([N+](=O)[O-])c4C[C@@H]3C[C@H]12. The molecular formula is C21H21N3O9. The molecule has 0 aliphatic heterocycles. The quantitative estimate of drug-likeness (QED) is 0.230. The van der Waals surface area contributed by atoms with Crippen molar-refractivity contribution in [2.75, 3.05) is 14.1 Å². The van der Waals surface area contributed by atoms with Gasteiger partial charge in [0.2, 0.25) is 5.78 Å². The third-order valence-electron chi connectivity index (χ3n) is 6.78. The lowest BCUT2D eigenvalue weighted by Crippen LogP contribution is -2.65. The molecule has 4 rings (SSSR count). The van der Waals surface area contributed by atoms with Crippen molar-refractivity contribution in [3.8, 4) is 5.75 Å². The molecule has 1 amide bonds. The number of nitro benzene ring substituents is 1. The van der Waals surface area contributed by atoms with Crippen LogP contribution in [-0.2, 0) is 20.8 Å². The third kappa shape index (κ3) is 2.80. The maximum atomic E-state index is 13.6. The lowest BCUT2D eigenvalue weighted by atomic mass is 9.57. The number of fused-ring (bicyclic) bond motifs is 3. The fraction of sp³-hybridized carbons (Fsp3) is 0.381. The predicted molar refractivity (Wildman–Crippen MR) is 111 cm³/mol. The average Bonchev–Trinajstić information content (AvgIpc) is 2.70. The minimum absolute atomic E-state index is 0.00520. The van der Waals surface area contributed by atoms with Crippen molar-refractivity contribution >= 4 is 28.9 Å². The van der Waals surface area contributed by atoms with Crippen LogP contribution in [0.15, 0.2) is 29.0 Å². The minimum Gasteiger partial charge on any atom is -0.508 e. The summed E-state index contributed by atoms with van der Waals surface area (Å²) in [6, 6.07) is 0.859. The Kier molecular flexibility index (Phi) is 4.84. The highest BCUT2D eigenvalue weighted by molar-refractivity contribution is 6.24. The second-order valence-electron chi connectivity index (χ2n) is 8.68. The minimum atomic E-state index is -2.75. The van der Waals surface area contributed by atoms with Crippen molar-refractivity contribution in [1.29, 1.82) is 0 Å². The Morgan fingerprint density at radius 3 is 2.42 bits per heavy atom. The van der Waals surface area contributed by atoms with Crippen LogP contribution in [0.2, 0.25) is 0 Å². The molecule has 33 heavy (non-hydrogen) atoms. The Labute approximate surface area is 186 Å². The second-order valence-corrected chi connectivity index (χ2v) is 8.68. The van der Waals surface area contributed by atoms with Gasteiger partial charge >= 0.3 is 0 Å². The topological polar surface area (TPSA) is 205 Å². The van der Waals surface area contributed by atoms with Gasteiger partial charge in [0.05, 0.1) is 16.5 Å². The fourth-order valence-corrected chi connectivity index (χ4v) is 5.40. The molecule has 0 spiro atoms. The summed E-state index contributed by atoms with van der Waals surface area (Å²) in [5, 5.41) is 54.8. The molecule has 1 aromatic carbocycles. The standard InChI is InChI=1S/C21H21N3O9/c1-23(2)15-9-6-7-5-8-10(24(32)33)3-4-11(25)13(8)16(26)12(7)18(28)21(9,31)19(29)14(17(15)27)20(22)30/h3-4,7,9,15,25-26,29,31H,5-6H2,1-2H3,(H2,22,30)/t7-,9-,15+,21-/m1/s1. The van der Waals surface area contributed by atoms with Gasteiger partial charge in [-0.05, 0) is 38.9 Å². The molecule has 12 heteroatoms. The molecule has 12 nitrogen and oxygen atoms in total. The van der Waals surface area contributed by atoms with Crippen molar-refractivity contribution in [3.63, 3.8) is 0 Å². The number of hydrogen-bond acceptors (Lipinski definition) is 10. The van der Waals surface area contributed by atoms with Crippen molar-refractivity contribution in [2.45, 2.75) is 24.5 Å². The highest BCUT2D eigenvalue weighted by Gasteiger charge is 2.64. The van der Waals surface area contributed by atoms with Gasteiger partial charge in [0.15, 0.2) is 11.4 Å². The van der Waals surface area contributed by atoms with E-state index in [0.29, 0.717) is 0 Å². The van der Waals surface area contributed by atoms with Crippen LogP contribution in [0.1, 0.15) is 17.5 Å². The number of phenolic OH excluding ortho intramolecular Hbond substituents is 1. The van der Waals surface area contributed by atoms with Gasteiger partial charge in [0.1, 0.15) is 22.8 Å². The molecular weight excluding hydrogens is 438 g/mol. The molecule has 0 radical (unpaired) electrons. The number of benzene rings is 1. The second kappa shape index (κ2) is 7.12. The highest BCUT2D eigenvalue weighted by atomic mass is 16.6. The van der Waals surface area contributed by atoms with E-state index in [1.165, 1.54) is 19.0 Å². The number of aliphatic hydroxyl groups is 3. The number of phenols is 1. The number of rotatable bonds is 3. The first kappa shape index (κ1) is 22.4. The largest absolute Gasteiger partial charge is 0.508 e. The number of nitro groups is 1. The van der Waals surface area contributed by atoms with E-state index in [2.05, 4.69) is 0 Å². The molecule has 0 bridgehead atoms. The molecule has 0 heterocycles. The van der Waals surface area contributed by atoms with E-state index in [1.807, 2.05) is 0 Å². The molecule has 0 saturated heterocycles. The van der Waals surface area contributed by atoms with E-state index in [0.717, 1.165) is 12.1 Å². The number of Topliss-reactive ketones (excluding diaryl/α,β-unsaturated/α-hetero) is 2. The Hall–Kier alpha value is -3.77. The summed E-state index contributed by atoms with van der Waals surface area (Å²) < 4.78 is 0. The van der Waals surface area contributed by atoms with Gasteiger partial charge in [0, 0.05) is 23.1 Å². The first-order valence-electron chi connectivity index (χ1n) is 9.98. The molecule has 174 valence electrons. The summed E-state index contributed by atoms with van der Waals surface area (Å²) in [7, 11) is 2.96. The summed E-state index contributed by atoms with van der Waals surface area (Å²) in [5.41, 5.74) is 0.543. The average molecular weight is 459 g/mol. The van der Waals surface area contributed by atoms with Crippen molar-refractivity contribution in [3.05, 3.63) is 50.3 Å². The molecule has 6 N–H and O–H groups in total. The summed E-state index contributed by atoms with van der Waals surface area (Å²) in [6.45, 7) is 0. The summed E-state index contributed by atoms with van der Waals surface area (Å²) in [6.07, 6.45) is -0.280. The Balaban J connectivity index is 2.00. The van der Waals surface area contributed by atoms with E-state index in [1.54, 1.807) is 0 Å². The summed E-state index contributed by atoms with van der Waals surface area (Å²) >= 11 is 0. The van der Waals surface area contributed by atoms with E-state index in [-0.39, 0.29) is 35.2 Å². The van der Waals surface area contributed by atoms with Gasteiger partial charge in [-0.1, -0.05) is 0 Å². The van der Waals surface area contributed by atoms with Crippen LogP contribution in [-0.4, -0.2) is 73.5 Å². The van der Waals surface area contributed by atoms with Crippen LogP contribution in [0.25, 0.3) is 5.76 Å². The van der Waals surface area contributed by atoms with E-state index in [9.17, 15) is 44.9 Å². The Bertz CT molecular complexity index is 1220. The number of likely N-dealkylation sites (N-methyl/N-ethyl adjacent to an activating group) is 1. The monoisotopic (exact) mass is 459 g/mol. The van der Waals surface area contributed by atoms with Gasteiger partial charge < -0.3 is 26.2 Å². The lowest BCUT2D eigenvalue weighted by molar-refractivity contribution is -0.385. The smallest absolute Gasteiger partial charge is 0.273 e. The maximum Gasteiger partial charge on any atom is 0.273 e. The molecule has 4 atom stereocenters. The number of nitrogens with zero attached hydrogens (tertiary/aromatic N) is 2. The third-order valence-corrected chi connectivity index (χ3v) is 6.78. The molecule has 3 aliphatic carbocycles.